The van der Waals surface area contributed by atoms with Crippen molar-refractivity contribution in [3.05, 3.63) is 11.1 Å². The lowest BCUT2D eigenvalue weighted by Gasteiger charge is -2.36. The van der Waals surface area contributed by atoms with Crippen LogP contribution >= 0.6 is 0 Å². The fraction of sp³-hybridized carbons (Fsp3) is 0.727. The maximum atomic E-state index is 12.8. The van der Waals surface area contributed by atoms with Crippen LogP contribution in [-0.2, 0) is 9.53 Å². The van der Waals surface area contributed by atoms with Crippen molar-refractivity contribution >= 4 is 5.97 Å². The predicted octanol–water partition coefficient (Wildman–Crippen LogP) is 3.23. The number of ether oxygens (including phenoxy) is 1. The van der Waals surface area contributed by atoms with Gasteiger partial charge in [-0.25, -0.2) is 4.79 Å². The number of rotatable bonds is 1. The molecule has 1 aliphatic rings. The third-order valence-electron chi connectivity index (χ3n) is 3.25. The third kappa shape index (κ3) is 2.23. The third-order valence-corrected chi connectivity index (χ3v) is 3.25. The molecule has 0 aromatic rings. The summed E-state index contributed by atoms with van der Waals surface area (Å²) in [5.74, 6) is -0.646. The van der Waals surface area contributed by atoms with Crippen LogP contribution in [0.4, 0.5) is 13.2 Å². The molecule has 0 spiro atoms. The molecule has 0 fully saturated rings. The fourth-order valence-corrected chi connectivity index (χ4v) is 1.86. The second-order valence-electron chi connectivity index (χ2n) is 4.49. The Balaban J connectivity index is 3.01. The van der Waals surface area contributed by atoms with Crippen LogP contribution in [0.1, 0.15) is 33.1 Å². The first kappa shape index (κ1) is 13.1. The van der Waals surface area contributed by atoms with E-state index in [9.17, 15) is 18.0 Å². The molecule has 92 valence electrons. The van der Waals surface area contributed by atoms with Gasteiger partial charge < -0.3 is 4.74 Å². The van der Waals surface area contributed by atoms with Crippen LogP contribution in [-0.4, -0.2) is 19.3 Å². The Morgan fingerprint density at radius 2 is 2.00 bits per heavy atom. The van der Waals surface area contributed by atoms with Crippen molar-refractivity contribution in [2.45, 2.75) is 39.3 Å². The number of carbonyl (C=O) groups excluding carboxylic acids is 1. The van der Waals surface area contributed by atoms with Gasteiger partial charge >= 0.3 is 12.1 Å². The summed E-state index contributed by atoms with van der Waals surface area (Å²) in [7, 11) is 1.18. The average molecular weight is 236 g/mol. The topological polar surface area (TPSA) is 26.3 Å². The number of hydrogen-bond donors (Lipinski definition) is 0. The van der Waals surface area contributed by atoms with Crippen LogP contribution in [0.15, 0.2) is 11.1 Å². The van der Waals surface area contributed by atoms with Gasteiger partial charge in [0, 0.05) is 5.57 Å². The summed E-state index contributed by atoms with van der Waals surface area (Å²) in [5.41, 5.74) is -0.932. The minimum atomic E-state index is -4.28. The van der Waals surface area contributed by atoms with Crippen molar-refractivity contribution in [3.63, 3.8) is 0 Å². The van der Waals surface area contributed by atoms with E-state index in [0.29, 0.717) is 12.0 Å². The van der Waals surface area contributed by atoms with Gasteiger partial charge in [-0.05, 0) is 26.2 Å². The standard InChI is InChI=1S/C11H15F3O2/c1-7-4-5-10(2,11(12,13)14)6-8(7)9(15)16-3/h4-6H2,1-3H3. The average Bonchev–Trinajstić information content (AvgIpc) is 2.19. The summed E-state index contributed by atoms with van der Waals surface area (Å²) in [6.07, 6.45) is -4.24. The first-order chi connectivity index (χ1) is 7.21. The van der Waals surface area contributed by atoms with Crippen molar-refractivity contribution in [1.82, 2.24) is 0 Å². The van der Waals surface area contributed by atoms with Crippen LogP contribution in [0, 0.1) is 5.41 Å². The zero-order valence-electron chi connectivity index (χ0n) is 9.57. The van der Waals surface area contributed by atoms with Gasteiger partial charge in [0.2, 0.25) is 0 Å². The first-order valence-electron chi connectivity index (χ1n) is 5.05. The summed E-state index contributed by atoms with van der Waals surface area (Å²) in [4.78, 5) is 11.3. The molecule has 1 rings (SSSR count). The number of esters is 1. The highest BCUT2D eigenvalue weighted by Crippen LogP contribution is 2.50. The van der Waals surface area contributed by atoms with Gasteiger partial charge in [0.1, 0.15) is 0 Å². The predicted molar refractivity (Wildman–Crippen MR) is 52.7 cm³/mol. The molecule has 1 aliphatic carbocycles. The van der Waals surface area contributed by atoms with Gasteiger partial charge in [-0.2, -0.15) is 13.2 Å². The van der Waals surface area contributed by atoms with Crippen molar-refractivity contribution in [2.75, 3.05) is 7.11 Å². The summed E-state index contributed by atoms with van der Waals surface area (Å²) in [5, 5.41) is 0. The number of methoxy groups -OCH3 is 1. The highest BCUT2D eigenvalue weighted by molar-refractivity contribution is 5.89. The van der Waals surface area contributed by atoms with Gasteiger partial charge in [0.25, 0.3) is 0 Å². The van der Waals surface area contributed by atoms with Crippen LogP contribution in [0.3, 0.4) is 0 Å². The largest absolute Gasteiger partial charge is 0.466 e. The van der Waals surface area contributed by atoms with Gasteiger partial charge in [-0.3, -0.25) is 0 Å². The molecule has 1 atom stereocenters. The molecular weight excluding hydrogens is 221 g/mol. The Hall–Kier alpha value is -1.00. The van der Waals surface area contributed by atoms with E-state index in [0.717, 1.165) is 6.92 Å². The van der Waals surface area contributed by atoms with Crippen LogP contribution in [0.5, 0.6) is 0 Å². The molecule has 1 unspecified atom stereocenters. The number of alkyl halides is 3. The zero-order chi connectivity index (χ0) is 12.6. The number of allylic oxidation sites excluding steroid dienone is 1. The van der Waals surface area contributed by atoms with E-state index in [4.69, 9.17) is 0 Å². The second kappa shape index (κ2) is 4.11. The minimum Gasteiger partial charge on any atom is -0.466 e. The van der Waals surface area contributed by atoms with E-state index in [1.807, 2.05) is 0 Å². The molecule has 0 aromatic carbocycles. The first-order valence-corrected chi connectivity index (χ1v) is 5.05. The molecule has 0 saturated heterocycles. The quantitative estimate of drug-likeness (QED) is 0.653. The molecule has 0 bridgehead atoms. The fourth-order valence-electron chi connectivity index (χ4n) is 1.86. The summed E-state index contributed by atoms with van der Waals surface area (Å²) in [6.45, 7) is 2.84. The SMILES string of the molecule is COC(=O)C1=C(C)CCC(C)(C(F)(F)F)C1. The Morgan fingerprint density at radius 3 is 2.44 bits per heavy atom. The molecule has 0 radical (unpaired) electrons. The van der Waals surface area contributed by atoms with Crippen LogP contribution in [0.2, 0.25) is 0 Å². The van der Waals surface area contributed by atoms with E-state index >= 15 is 0 Å². The van der Waals surface area contributed by atoms with E-state index in [1.165, 1.54) is 7.11 Å². The Bertz CT molecular complexity index is 331. The summed E-state index contributed by atoms with van der Waals surface area (Å²) >= 11 is 0. The molecule has 0 N–H and O–H groups in total. The Labute approximate surface area is 92.5 Å². The van der Waals surface area contributed by atoms with Crippen LogP contribution < -0.4 is 0 Å². The van der Waals surface area contributed by atoms with Crippen molar-refractivity contribution in [2.24, 2.45) is 5.41 Å². The molecule has 0 amide bonds. The summed E-state index contributed by atoms with van der Waals surface area (Å²) < 4.78 is 43.0. The van der Waals surface area contributed by atoms with E-state index in [-0.39, 0.29) is 18.4 Å². The minimum absolute atomic E-state index is 0.0306. The molecular formula is C11H15F3O2. The molecule has 0 aliphatic heterocycles. The van der Waals surface area contributed by atoms with E-state index in [2.05, 4.69) is 4.74 Å². The molecule has 5 heteroatoms. The van der Waals surface area contributed by atoms with E-state index < -0.39 is 17.6 Å². The number of halogens is 3. The molecule has 0 saturated carbocycles. The van der Waals surface area contributed by atoms with Gasteiger partial charge in [-0.15, -0.1) is 0 Å². The monoisotopic (exact) mass is 236 g/mol. The molecule has 0 aromatic heterocycles. The highest BCUT2D eigenvalue weighted by atomic mass is 19.4. The lowest BCUT2D eigenvalue weighted by molar-refractivity contribution is -0.221. The Kier molecular flexibility index (Phi) is 3.35. The van der Waals surface area contributed by atoms with Crippen LogP contribution in [0.25, 0.3) is 0 Å². The normalized spacial score (nSPS) is 26.9. The molecule has 0 heterocycles. The number of carbonyl (C=O) groups is 1. The van der Waals surface area contributed by atoms with E-state index in [1.54, 1.807) is 6.92 Å². The lowest BCUT2D eigenvalue weighted by atomic mass is 9.72. The van der Waals surface area contributed by atoms with Gasteiger partial charge in [-0.1, -0.05) is 12.5 Å². The number of hydrogen-bond acceptors (Lipinski definition) is 2. The summed E-state index contributed by atoms with van der Waals surface area (Å²) in [6, 6.07) is 0. The lowest BCUT2D eigenvalue weighted by Crippen LogP contribution is -2.38. The second-order valence-corrected chi connectivity index (χ2v) is 4.49. The van der Waals surface area contributed by atoms with Crippen molar-refractivity contribution in [1.29, 1.82) is 0 Å². The maximum absolute atomic E-state index is 12.8. The molecule has 2 nitrogen and oxygen atoms in total. The maximum Gasteiger partial charge on any atom is 0.394 e. The van der Waals surface area contributed by atoms with Crippen molar-refractivity contribution in [3.8, 4) is 0 Å². The highest BCUT2D eigenvalue weighted by Gasteiger charge is 2.52. The van der Waals surface area contributed by atoms with Crippen molar-refractivity contribution < 1.29 is 22.7 Å². The van der Waals surface area contributed by atoms with Gasteiger partial charge in [0.15, 0.2) is 0 Å². The Morgan fingerprint density at radius 1 is 1.44 bits per heavy atom. The zero-order valence-corrected chi connectivity index (χ0v) is 9.57. The smallest absolute Gasteiger partial charge is 0.394 e. The van der Waals surface area contributed by atoms with Gasteiger partial charge in [0.05, 0.1) is 12.5 Å². The molecule has 16 heavy (non-hydrogen) atoms.